The van der Waals surface area contributed by atoms with E-state index in [0.29, 0.717) is 24.0 Å². The fourth-order valence-corrected chi connectivity index (χ4v) is 8.28. The van der Waals surface area contributed by atoms with Crippen LogP contribution in [0.4, 0.5) is 4.79 Å². The highest BCUT2D eigenvalue weighted by Gasteiger charge is 2.66. The lowest BCUT2D eigenvalue weighted by atomic mass is 9.39. The summed E-state index contributed by atoms with van der Waals surface area (Å²) in [5.41, 5.74) is 1.55. The van der Waals surface area contributed by atoms with Crippen molar-refractivity contribution in [3.05, 3.63) is 15.5 Å². The zero-order valence-electron chi connectivity index (χ0n) is 20.9. The van der Waals surface area contributed by atoms with Gasteiger partial charge in [-0.05, 0) is 105 Å². The predicted molar refractivity (Wildman–Crippen MR) is 134 cm³/mol. The Morgan fingerprint density at radius 2 is 1.78 bits per heavy atom. The largest absolute Gasteiger partial charge is 0.444 e. The molecule has 6 nitrogen and oxygen atoms in total. The fourth-order valence-electron chi connectivity index (χ4n) is 7.88. The highest BCUT2D eigenvalue weighted by Crippen LogP contribution is 2.72. The van der Waals surface area contributed by atoms with E-state index in [4.69, 9.17) is 14.6 Å². The van der Waals surface area contributed by atoms with Gasteiger partial charge in [-0.2, -0.15) is 5.10 Å². The maximum atomic E-state index is 12.3. The van der Waals surface area contributed by atoms with Gasteiger partial charge in [-0.1, -0.05) is 13.8 Å². The van der Waals surface area contributed by atoms with Crippen LogP contribution < -0.4 is 0 Å². The zero-order valence-corrected chi connectivity index (χ0v) is 23.0. The first-order valence-corrected chi connectivity index (χ1v) is 13.0. The molecule has 2 atom stereocenters. The first kappa shape index (κ1) is 24.3. The van der Waals surface area contributed by atoms with E-state index in [1.165, 1.54) is 28.5 Å². The molecule has 1 amide bonds. The van der Waals surface area contributed by atoms with Crippen LogP contribution >= 0.6 is 22.6 Å². The summed E-state index contributed by atoms with van der Waals surface area (Å²) in [4.78, 5) is 14.0. The van der Waals surface area contributed by atoms with Gasteiger partial charge in [0, 0.05) is 25.8 Å². The first-order chi connectivity index (χ1) is 14.7. The van der Waals surface area contributed by atoms with E-state index in [-0.39, 0.29) is 17.1 Å². The molecule has 0 aliphatic heterocycles. The minimum absolute atomic E-state index is 0.0960. The molecule has 0 aromatic carbocycles. The van der Waals surface area contributed by atoms with Crippen LogP contribution in [0, 0.1) is 26.7 Å². The summed E-state index contributed by atoms with van der Waals surface area (Å²) in [6, 6.07) is 0. The summed E-state index contributed by atoms with van der Waals surface area (Å²) in [7, 11) is 1.79. The summed E-state index contributed by atoms with van der Waals surface area (Å²) < 4.78 is 15.7. The van der Waals surface area contributed by atoms with E-state index in [2.05, 4.69) is 48.0 Å². The second kappa shape index (κ2) is 7.85. The standard InChI is InChI=1S/C25H40IN3O3/c1-18-19(26)10-27-29(18)17-24-12-22(5)11-23(6,13-24)15-25(14-22,16-24)31-9-8-28(7)20(30)32-21(2,3)4/h10H,8-9,11-17H2,1-7H3. The molecule has 32 heavy (non-hydrogen) atoms. The smallest absolute Gasteiger partial charge is 0.410 e. The topological polar surface area (TPSA) is 56.6 Å². The van der Waals surface area contributed by atoms with Gasteiger partial charge in [0.05, 0.1) is 22.0 Å². The molecule has 4 saturated carbocycles. The number of hydrogen-bond donors (Lipinski definition) is 0. The Hall–Kier alpha value is -0.830. The molecule has 4 bridgehead atoms. The molecule has 0 saturated heterocycles. The van der Waals surface area contributed by atoms with Crippen LogP contribution in [0.25, 0.3) is 0 Å². The zero-order chi connectivity index (χ0) is 23.6. The third-order valence-corrected chi connectivity index (χ3v) is 8.78. The van der Waals surface area contributed by atoms with E-state index in [0.717, 1.165) is 25.8 Å². The molecular weight excluding hydrogens is 517 g/mol. The van der Waals surface area contributed by atoms with Crippen molar-refractivity contribution in [1.82, 2.24) is 14.7 Å². The van der Waals surface area contributed by atoms with E-state index < -0.39 is 5.60 Å². The summed E-state index contributed by atoms with van der Waals surface area (Å²) >= 11 is 2.38. The van der Waals surface area contributed by atoms with Crippen molar-refractivity contribution in [2.75, 3.05) is 20.2 Å². The Morgan fingerprint density at radius 3 is 2.31 bits per heavy atom. The molecular formula is C25H40IN3O3. The van der Waals surface area contributed by atoms with Crippen LogP contribution in [0.1, 0.15) is 78.8 Å². The lowest BCUT2D eigenvalue weighted by Crippen LogP contribution is -2.64. The number of hydrogen-bond acceptors (Lipinski definition) is 4. The molecule has 4 aliphatic carbocycles. The molecule has 1 aromatic heterocycles. The SMILES string of the molecule is Cc1c(I)cnn1CC12CC3(C)CC(C)(C1)CC(OCCN(C)C(=O)OC(C)(C)C)(C3)C2. The number of nitrogens with zero attached hydrogens (tertiary/aromatic N) is 3. The summed E-state index contributed by atoms with van der Waals surface area (Å²) in [5.74, 6) is 0. The van der Waals surface area contributed by atoms with Gasteiger partial charge < -0.3 is 14.4 Å². The second-order valence-corrected chi connectivity index (χ2v) is 14.0. The van der Waals surface area contributed by atoms with Crippen molar-refractivity contribution in [2.24, 2.45) is 16.2 Å². The molecule has 0 radical (unpaired) electrons. The Kier molecular flexibility index (Phi) is 5.96. The molecule has 1 heterocycles. The van der Waals surface area contributed by atoms with Crippen LogP contribution in [-0.4, -0.2) is 52.2 Å². The molecule has 1 aromatic rings. The van der Waals surface area contributed by atoms with Crippen LogP contribution in [0.3, 0.4) is 0 Å². The van der Waals surface area contributed by atoms with E-state index in [1.807, 2.05) is 27.0 Å². The Bertz CT molecular complexity index is 871. The molecule has 4 aliphatic rings. The van der Waals surface area contributed by atoms with Gasteiger partial charge in [-0.3, -0.25) is 4.68 Å². The summed E-state index contributed by atoms with van der Waals surface area (Å²) in [5, 5.41) is 4.70. The highest BCUT2D eigenvalue weighted by atomic mass is 127. The molecule has 5 rings (SSSR count). The Labute approximate surface area is 206 Å². The minimum atomic E-state index is -0.482. The number of carbonyl (C=O) groups excluding carboxylic acids is 1. The second-order valence-electron chi connectivity index (χ2n) is 12.9. The number of aromatic nitrogens is 2. The van der Waals surface area contributed by atoms with Crippen molar-refractivity contribution < 1.29 is 14.3 Å². The van der Waals surface area contributed by atoms with Gasteiger partial charge in [0.25, 0.3) is 0 Å². The van der Waals surface area contributed by atoms with Crippen LogP contribution in [-0.2, 0) is 16.0 Å². The van der Waals surface area contributed by atoms with Crippen molar-refractivity contribution >= 4 is 28.7 Å². The summed E-state index contributed by atoms with van der Waals surface area (Å²) in [6.45, 7) is 14.9. The normalized spacial score (nSPS) is 35.9. The maximum absolute atomic E-state index is 12.3. The molecule has 4 fully saturated rings. The molecule has 0 spiro atoms. The lowest BCUT2D eigenvalue weighted by Gasteiger charge is -2.69. The van der Waals surface area contributed by atoms with E-state index in [1.54, 1.807) is 11.9 Å². The number of amides is 1. The molecule has 2 unspecified atom stereocenters. The van der Waals surface area contributed by atoms with Crippen molar-refractivity contribution in [2.45, 2.75) is 97.8 Å². The van der Waals surface area contributed by atoms with Crippen molar-refractivity contribution in [3.8, 4) is 0 Å². The number of halogens is 1. The molecule has 7 heteroatoms. The number of ether oxygens (including phenoxy) is 2. The minimum Gasteiger partial charge on any atom is -0.444 e. The Balaban J connectivity index is 1.48. The van der Waals surface area contributed by atoms with E-state index in [9.17, 15) is 4.79 Å². The Morgan fingerprint density at radius 1 is 1.16 bits per heavy atom. The van der Waals surface area contributed by atoms with Crippen LogP contribution in [0.15, 0.2) is 6.20 Å². The van der Waals surface area contributed by atoms with E-state index >= 15 is 0 Å². The van der Waals surface area contributed by atoms with Crippen LogP contribution in [0.5, 0.6) is 0 Å². The average molecular weight is 558 g/mol. The lowest BCUT2D eigenvalue weighted by molar-refractivity contribution is -0.248. The van der Waals surface area contributed by atoms with Gasteiger partial charge in [0.15, 0.2) is 0 Å². The third-order valence-electron chi connectivity index (χ3n) is 7.72. The van der Waals surface area contributed by atoms with Gasteiger partial charge in [0.2, 0.25) is 0 Å². The van der Waals surface area contributed by atoms with Crippen LogP contribution in [0.2, 0.25) is 0 Å². The number of likely N-dealkylation sites (N-methyl/N-ethyl adjacent to an activating group) is 1. The van der Waals surface area contributed by atoms with Gasteiger partial charge in [0.1, 0.15) is 5.60 Å². The highest BCUT2D eigenvalue weighted by molar-refractivity contribution is 14.1. The maximum Gasteiger partial charge on any atom is 0.410 e. The average Bonchev–Trinajstić information content (AvgIpc) is 2.88. The fraction of sp³-hybridized carbons (Fsp3) is 0.840. The quantitative estimate of drug-likeness (QED) is 0.415. The number of rotatable bonds is 6. The first-order valence-electron chi connectivity index (χ1n) is 11.9. The van der Waals surface area contributed by atoms with Gasteiger partial charge in [-0.15, -0.1) is 0 Å². The number of carbonyl (C=O) groups is 1. The molecule has 180 valence electrons. The van der Waals surface area contributed by atoms with Crippen molar-refractivity contribution in [1.29, 1.82) is 0 Å². The van der Waals surface area contributed by atoms with Gasteiger partial charge >= 0.3 is 6.09 Å². The molecule has 0 N–H and O–H groups in total. The summed E-state index contributed by atoms with van der Waals surface area (Å²) in [6.07, 6.45) is 8.86. The van der Waals surface area contributed by atoms with Crippen molar-refractivity contribution in [3.63, 3.8) is 0 Å². The van der Waals surface area contributed by atoms with Gasteiger partial charge in [-0.25, -0.2) is 4.79 Å². The third kappa shape index (κ3) is 4.84. The predicted octanol–water partition coefficient (Wildman–Crippen LogP) is 5.80. The monoisotopic (exact) mass is 557 g/mol.